The molecule has 0 bridgehead atoms. The number of nitrogens with one attached hydrogen (secondary N) is 1. The lowest BCUT2D eigenvalue weighted by Crippen LogP contribution is -2.42. The molecule has 23 heavy (non-hydrogen) atoms. The molecule has 2 fully saturated rings. The molecule has 1 saturated heterocycles. The van der Waals surface area contributed by atoms with Crippen molar-refractivity contribution in [3.8, 4) is 0 Å². The van der Waals surface area contributed by atoms with Gasteiger partial charge < -0.3 is 14.6 Å². The Labute approximate surface area is 136 Å². The van der Waals surface area contributed by atoms with E-state index >= 15 is 0 Å². The first-order chi connectivity index (χ1) is 10.8. The monoisotopic (exact) mass is 322 g/mol. The third kappa shape index (κ3) is 4.02. The van der Waals surface area contributed by atoms with Crippen LogP contribution < -0.4 is 5.32 Å². The first-order valence-corrected chi connectivity index (χ1v) is 8.31. The maximum absolute atomic E-state index is 12.0. The molecule has 0 unspecified atom stereocenters. The molecule has 1 aromatic rings. The molecular formula is C16H26N4O3. The second-order valence-electron chi connectivity index (χ2n) is 7.68. The van der Waals surface area contributed by atoms with Gasteiger partial charge in [0.1, 0.15) is 5.60 Å². The van der Waals surface area contributed by atoms with Gasteiger partial charge in [0.2, 0.25) is 5.89 Å². The molecule has 0 spiro atoms. The van der Waals surface area contributed by atoms with Gasteiger partial charge >= 0.3 is 6.09 Å². The normalized spacial score (nSPS) is 27.9. The van der Waals surface area contributed by atoms with E-state index in [9.17, 15) is 4.79 Å². The third-order valence-corrected chi connectivity index (χ3v) is 4.56. The lowest BCUT2D eigenvalue weighted by Gasteiger charge is -2.24. The number of likely N-dealkylation sites (tertiary alicyclic amines) is 1. The standard InChI is InChI=1S/C16H26N4O3/c1-10-17-14(23-19-10)9-20-7-11-5-6-13(12(11)8-20)18-15(21)22-16(2,3)4/h11-13H,5-9H2,1-4H3,(H,18,21)/t11-,12+,13-/m0/s1. The number of aromatic nitrogens is 2. The van der Waals surface area contributed by atoms with E-state index in [-0.39, 0.29) is 12.1 Å². The Kier molecular flexibility index (Phi) is 4.31. The quantitative estimate of drug-likeness (QED) is 0.918. The second kappa shape index (κ2) is 6.11. The van der Waals surface area contributed by atoms with E-state index in [0.29, 0.717) is 30.1 Å². The lowest BCUT2D eigenvalue weighted by molar-refractivity contribution is 0.0491. The number of carbonyl (C=O) groups is 1. The van der Waals surface area contributed by atoms with Crippen molar-refractivity contribution >= 4 is 6.09 Å². The minimum absolute atomic E-state index is 0.198. The first kappa shape index (κ1) is 16.2. The Morgan fingerprint density at radius 3 is 2.83 bits per heavy atom. The molecule has 1 aliphatic heterocycles. The van der Waals surface area contributed by atoms with Crippen molar-refractivity contribution in [2.75, 3.05) is 13.1 Å². The van der Waals surface area contributed by atoms with Crippen LogP contribution in [-0.2, 0) is 11.3 Å². The van der Waals surface area contributed by atoms with Gasteiger partial charge in [-0.25, -0.2) is 4.79 Å². The van der Waals surface area contributed by atoms with Crippen molar-refractivity contribution < 1.29 is 14.1 Å². The minimum atomic E-state index is -0.459. The van der Waals surface area contributed by atoms with Gasteiger partial charge in [-0.15, -0.1) is 0 Å². The molecule has 7 nitrogen and oxygen atoms in total. The van der Waals surface area contributed by atoms with E-state index < -0.39 is 5.60 Å². The molecule has 0 aromatic carbocycles. The number of carbonyl (C=O) groups excluding carboxylic acids is 1. The number of hydrogen-bond donors (Lipinski definition) is 1. The summed E-state index contributed by atoms with van der Waals surface area (Å²) in [7, 11) is 0. The summed E-state index contributed by atoms with van der Waals surface area (Å²) in [6, 6.07) is 0.198. The van der Waals surface area contributed by atoms with Gasteiger partial charge in [-0.3, -0.25) is 4.90 Å². The Balaban J connectivity index is 1.53. The number of alkyl carbamates (subject to hydrolysis) is 1. The van der Waals surface area contributed by atoms with Gasteiger partial charge in [0.05, 0.1) is 6.54 Å². The summed E-state index contributed by atoms with van der Waals surface area (Å²) in [5.41, 5.74) is -0.459. The molecule has 1 aromatic heterocycles. The average Bonchev–Trinajstić information content (AvgIpc) is 3.06. The van der Waals surface area contributed by atoms with Gasteiger partial charge in [0.25, 0.3) is 0 Å². The Hall–Kier alpha value is -1.63. The largest absolute Gasteiger partial charge is 0.444 e. The summed E-state index contributed by atoms with van der Waals surface area (Å²) in [6.07, 6.45) is 1.86. The molecule has 3 rings (SSSR count). The first-order valence-electron chi connectivity index (χ1n) is 8.31. The zero-order valence-electron chi connectivity index (χ0n) is 14.3. The summed E-state index contributed by atoms with van der Waals surface area (Å²) >= 11 is 0. The molecule has 1 aliphatic carbocycles. The zero-order chi connectivity index (χ0) is 16.6. The van der Waals surface area contributed by atoms with E-state index in [4.69, 9.17) is 9.26 Å². The third-order valence-electron chi connectivity index (χ3n) is 4.56. The highest BCUT2D eigenvalue weighted by molar-refractivity contribution is 5.68. The van der Waals surface area contributed by atoms with Crippen LogP contribution in [0.5, 0.6) is 0 Å². The van der Waals surface area contributed by atoms with Crippen LogP contribution in [-0.4, -0.2) is 45.9 Å². The molecule has 2 heterocycles. The van der Waals surface area contributed by atoms with E-state index in [2.05, 4.69) is 20.4 Å². The fraction of sp³-hybridized carbons (Fsp3) is 0.812. The van der Waals surface area contributed by atoms with E-state index in [1.165, 1.54) is 0 Å². The molecule has 1 saturated carbocycles. The van der Waals surface area contributed by atoms with Crippen LogP contribution in [0.25, 0.3) is 0 Å². The molecule has 128 valence electrons. The van der Waals surface area contributed by atoms with Gasteiger partial charge in [-0.1, -0.05) is 5.16 Å². The molecule has 0 radical (unpaired) electrons. The van der Waals surface area contributed by atoms with Gasteiger partial charge in [-0.2, -0.15) is 4.98 Å². The molecule has 1 N–H and O–H groups in total. The van der Waals surface area contributed by atoms with Crippen LogP contribution in [0.1, 0.15) is 45.3 Å². The van der Waals surface area contributed by atoms with Crippen molar-refractivity contribution in [2.24, 2.45) is 11.8 Å². The number of fused-ring (bicyclic) bond motifs is 1. The number of nitrogens with zero attached hydrogens (tertiary/aromatic N) is 3. The van der Waals surface area contributed by atoms with Crippen molar-refractivity contribution in [2.45, 2.75) is 58.7 Å². The highest BCUT2D eigenvalue weighted by Gasteiger charge is 2.43. The molecule has 7 heteroatoms. The molecule has 1 amide bonds. The number of aryl methyl sites for hydroxylation is 1. The Morgan fingerprint density at radius 2 is 2.17 bits per heavy atom. The Morgan fingerprint density at radius 1 is 1.39 bits per heavy atom. The van der Waals surface area contributed by atoms with Crippen LogP contribution in [0, 0.1) is 18.8 Å². The highest BCUT2D eigenvalue weighted by atomic mass is 16.6. The van der Waals surface area contributed by atoms with Gasteiger partial charge in [0, 0.05) is 19.1 Å². The highest BCUT2D eigenvalue weighted by Crippen LogP contribution is 2.38. The number of rotatable bonds is 3. The maximum atomic E-state index is 12.0. The SMILES string of the molecule is Cc1noc(CN2C[C@@H]3CC[C@H](NC(=O)OC(C)(C)C)[C@@H]3C2)n1. The summed E-state index contributed by atoms with van der Waals surface area (Å²) < 4.78 is 10.6. The van der Waals surface area contributed by atoms with Gasteiger partial charge in [-0.05, 0) is 52.4 Å². The Bertz CT molecular complexity index is 566. The summed E-state index contributed by atoms with van der Waals surface area (Å²) in [5.74, 6) is 2.44. The topological polar surface area (TPSA) is 80.5 Å². The number of hydrogen-bond acceptors (Lipinski definition) is 6. The van der Waals surface area contributed by atoms with Crippen LogP contribution in [0.2, 0.25) is 0 Å². The van der Waals surface area contributed by atoms with Crippen LogP contribution >= 0.6 is 0 Å². The number of ether oxygens (including phenoxy) is 1. The zero-order valence-corrected chi connectivity index (χ0v) is 14.3. The molecule has 2 aliphatic rings. The van der Waals surface area contributed by atoms with Crippen LogP contribution in [0.4, 0.5) is 4.79 Å². The van der Waals surface area contributed by atoms with Crippen molar-refractivity contribution in [1.82, 2.24) is 20.4 Å². The smallest absolute Gasteiger partial charge is 0.407 e. The number of amides is 1. The molecule has 3 atom stereocenters. The minimum Gasteiger partial charge on any atom is -0.444 e. The van der Waals surface area contributed by atoms with Crippen molar-refractivity contribution in [3.63, 3.8) is 0 Å². The lowest BCUT2D eigenvalue weighted by atomic mass is 9.98. The van der Waals surface area contributed by atoms with Crippen molar-refractivity contribution in [1.29, 1.82) is 0 Å². The predicted molar refractivity (Wildman–Crippen MR) is 83.7 cm³/mol. The van der Waals surface area contributed by atoms with Crippen LogP contribution in [0.3, 0.4) is 0 Å². The maximum Gasteiger partial charge on any atom is 0.407 e. The van der Waals surface area contributed by atoms with Crippen LogP contribution in [0.15, 0.2) is 4.52 Å². The van der Waals surface area contributed by atoms with E-state index in [1.807, 2.05) is 27.7 Å². The average molecular weight is 322 g/mol. The molecular weight excluding hydrogens is 296 g/mol. The van der Waals surface area contributed by atoms with Crippen molar-refractivity contribution in [3.05, 3.63) is 11.7 Å². The fourth-order valence-electron chi connectivity index (χ4n) is 3.72. The fourth-order valence-corrected chi connectivity index (χ4v) is 3.72. The predicted octanol–water partition coefficient (Wildman–Crippen LogP) is 2.11. The van der Waals surface area contributed by atoms with Gasteiger partial charge in [0.15, 0.2) is 5.82 Å². The second-order valence-corrected chi connectivity index (χ2v) is 7.68. The van der Waals surface area contributed by atoms with E-state index in [1.54, 1.807) is 0 Å². The van der Waals surface area contributed by atoms with E-state index in [0.717, 1.165) is 25.9 Å². The summed E-state index contributed by atoms with van der Waals surface area (Å²) in [6.45, 7) is 10.1. The summed E-state index contributed by atoms with van der Waals surface area (Å²) in [4.78, 5) is 18.6. The summed E-state index contributed by atoms with van der Waals surface area (Å²) in [5, 5.41) is 6.89.